The second-order valence-corrected chi connectivity index (χ2v) is 3.88. The summed E-state index contributed by atoms with van der Waals surface area (Å²) in [7, 11) is 1.64. The highest BCUT2D eigenvalue weighted by Crippen LogP contribution is 2.31. The first kappa shape index (κ1) is 11.2. The highest BCUT2D eigenvalue weighted by atomic mass is 35.5. The fourth-order valence-corrected chi connectivity index (χ4v) is 2.01. The van der Waals surface area contributed by atoms with Gasteiger partial charge in [0.2, 0.25) is 0 Å². The minimum absolute atomic E-state index is 0.191. The molecule has 0 fully saturated rings. The number of ether oxygens (including phenoxy) is 1. The van der Waals surface area contributed by atoms with Crippen LogP contribution in [0.2, 0.25) is 0 Å². The molecule has 84 valence electrons. The van der Waals surface area contributed by atoms with Crippen molar-refractivity contribution in [2.24, 2.45) is 0 Å². The maximum absolute atomic E-state index is 9.82. The fraction of sp³-hybridized carbons (Fsp3) is 0.231. The van der Waals surface area contributed by atoms with E-state index in [2.05, 4.69) is 0 Å². The summed E-state index contributed by atoms with van der Waals surface area (Å²) in [6.45, 7) is 0. The van der Waals surface area contributed by atoms with E-state index in [9.17, 15) is 5.11 Å². The van der Waals surface area contributed by atoms with Gasteiger partial charge in [0.15, 0.2) is 0 Å². The van der Waals surface area contributed by atoms with Crippen molar-refractivity contribution < 1.29 is 9.84 Å². The van der Waals surface area contributed by atoms with Crippen molar-refractivity contribution in [2.45, 2.75) is 6.10 Å². The first-order valence-corrected chi connectivity index (χ1v) is 5.61. The van der Waals surface area contributed by atoms with Gasteiger partial charge in [-0.15, -0.1) is 11.6 Å². The first-order valence-electron chi connectivity index (χ1n) is 5.07. The molecule has 16 heavy (non-hydrogen) atoms. The smallest absolute Gasteiger partial charge is 0.126 e. The first-order chi connectivity index (χ1) is 7.77. The van der Waals surface area contributed by atoms with Crippen LogP contribution in [0.5, 0.6) is 5.75 Å². The van der Waals surface area contributed by atoms with E-state index in [-0.39, 0.29) is 5.88 Å². The van der Waals surface area contributed by atoms with Crippen LogP contribution < -0.4 is 4.74 Å². The lowest BCUT2D eigenvalue weighted by Crippen LogP contribution is -2.00. The molecule has 1 unspecified atom stereocenters. The molecule has 0 amide bonds. The van der Waals surface area contributed by atoms with Gasteiger partial charge in [-0.1, -0.05) is 30.3 Å². The number of aliphatic hydroxyl groups excluding tert-OH is 1. The van der Waals surface area contributed by atoms with Gasteiger partial charge in [0, 0.05) is 5.39 Å². The van der Waals surface area contributed by atoms with Gasteiger partial charge < -0.3 is 9.84 Å². The predicted molar refractivity (Wildman–Crippen MR) is 66.2 cm³/mol. The van der Waals surface area contributed by atoms with Gasteiger partial charge in [-0.3, -0.25) is 0 Å². The largest absolute Gasteiger partial charge is 0.496 e. The summed E-state index contributed by atoms with van der Waals surface area (Å²) in [4.78, 5) is 0. The molecule has 1 N–H and O–H groups in total. The maximum atomic E-state index is 9.82. The molecule has 2 aromatic carbocycles. The van der Waals surface area contributed by atoms with Crippen LogP contribution in [0.1, 0.15) is 11.7 Å². The molecule has 2 nitrogen and oxygen atoms in total. The molecule has 0 aliphatic carbocycles. The average molecular weight is 237 g/mol. The van der Waals surface area contributed by atoms with E-state index in [1.165, 1.54) is 0 Å². The van der Waals surface area contributed by atoms with Crippen LogP contribution in [-0.2, 0) is 0 Å². The summed E-state index contributed by atoms with van der Waals surface area (Å²) in [6.07, 6.45) is -0.641. The Morgan fingerprint density at radius 1 is 1.19 bits per heavy atom. The number of fused-ring (bicyclic) bond motifs is 1. The summed E-state index contributed by atoms with van der Waals surface area (Å²) in [5.41, 5.74) is 0.839. The zero-order chi connectivity index (χ0) is 11.5. The summed E-state index contributed by atoms with van der Waals surface area (Å²) >= 11 is 5.68. The molecule has 0 aliphatic heterocycles. The molecule has 2 rings (SSSR count). The lowest BCUT2D eigenvalue weighted by atomic mass is 10.0. The minimum atomic E-state index is -0.641. The third-order valence-corrected chi connectivity index (χ3v) is 2.94. The predicted octanol–water partition coefficient (Wildman–Crippen LogP) is 3.12. The molecule has 0 saturated heterocycles. The van der Waals surface area contributed by atoms with Crippen LogP contribution in [0.3, 0.4) is 0 Å². The van der Waals surface area contributed by atoms with Crippen LogP contribution in [0.15, 0.2) is 36.4 Å². The molecule has 0 saturated carbocycles. The third kappa shape index (κ3) is 1.86. The van der Waals surface area contributed by atoms with E-state index >= 15 is 0 Å². The van der Waals surface area contributed by atoms with E-state index < -0.39 is 6.10 Å². The van der Waals surface area contributed by atoms with E-state index in [0.29, 0.717) is 0 Å². The van der Waals surface area contributed by atoms with Crippen molar-refractivity contribution >= 4 is 22.4 Å². The normalized spacial score (nSPS) is 12.7. The minimum Gasteiger partial charge on any atom is -0.496 e. The molecule has 1 atom stereocenters. The van der Waals surface area contributed by atoms with Crippen molar-refractivity contribution in [2.75, 3.05) is 13.0 Å². The van der Waals surface area contributed by atoms with Crippen LogP contribution >= 0.6 is 11.6 Å². The Kier molecular flexibility index (Phi) is 3.32. The third-order valence-electron chi connectivity index (χ3n) is 2.64. The SMILES string of the molecule is COc1ccc(C(O)CCl)c2ccccc12. The molecular weight excluding hydrogens is 224 g/mol. The van der Waals surface area contributed by atoms with Crippen LogP contribution in [-0.4, -0.2) is 18.1 Å². The molecule has 3 heteroatoms. The lowest BCUT2D eigenvalue weighted by molar-refractivity contribution is 0.204. The van der Waals surface area contributed by atoms with Crippen molar-refractivity contribution in [3.8, 4) is 5.75 Å². The fourth-order valence-electron chi connectivity index (χ4n) is 1.85. The van der Waals surface area contributed by atoms with Gasteiger partial charge in [-0.05, 0) is 17.0 Å². The van der Waals surface area contributed by atoms with Gasteiger partial charge >= 0.3 is 0 Å². The second-order valence-electron chi connectivity index (χ2n) is 3.57. The van der Waals surface area contributed by atoms with Crippen molar-refractivity contribution in [3.63, 3.8) is 0 Å². The number of aliphatic hydroxyl groups is 1. The van der Waals surface area contributed by atoms with Crippen molar-refractivity contribution in [1.82, 2.24) is 0 Å². The number of hydrogen-bond acceptors (Lipinski definition) is 2. The topological polar surface area (TPSA) is 29.5 Å². The molecule has 0 aliphatic rings. The molecule has 0 aromatic heterocycles. The average Bonchev–Trinajstić information content (AvgIpc) is 2.36. The monoisotopic (exact) mass is 236 g/mol. The molecule has 0 bridgehead atoms. The Balaban J connectivity index is 2.69. The molecule has 2 aromatic rings. The van der Waals surface area contributed by atoms with Gasteiger partial charge in [0.1, 0.15) is 5.75 Å². The van der Waals surface area contributed by atoms with Gasteiger partial charge in [0.05, 0.1) is 19.1 Å². The Morgan fingerprint density at radius 2 is 1.88 bits per heavy atom. The molecular formula is C13H13ClO2. The number of alkyl halides is 1. The van der Waals surface area contributed by atoms with E-state index in [1.807, 2.05) is 36.4 Å². The van der Waals surface area contributed by atoms with E-state index in [0.717, 1.165) is 22.1 Å². The van der Waals surface area contributed by atoms with Crippen LogP contribution in [0, 0.1) is 0 Å². The van der Waals surface area contributed by atoms with Gasteiger partial charge in [0.25, 0.3) is 0 Å². The maximum Gasteiger partial charge on any atom is 0.126 e. The van der Waals surface area contributed by atoms with Crippen LogP contribution in [0.25, 0.3) is 10.8 Å². The van der Waals surface area contributed by atoms with Crippen molar-refractivity contribution in [1.29, 1.82) is 0 Å². The summed E-state index contributed by atoms with van der Waals surface area (Å²) in [6, 6.07) is 11.5. The Hall–Kier alpha value is -1.25. The zero-order valence-electron chi connectivity index (χ0n) is 8.98. The Bertz CT molecular complexity index is 496. The number of rotatable bonds is 3. The molecule has 0 spiro atoms. The van der Waals surface area contributed by atoms with E-state index in [1.54, 1.807) is 7.11 Å². The summed E-state index contributed by atoms with van der Waals surface area (Å²) in [5.74, 6) is 0.997. The zero-order valence-corrected chi connectivity index (χ0v) is 9.74. The Labute approximate surface area is 99.4 Å². The standard InChI is InChI=1S/C13H13ClO2/c1-16-13-7-6-10(12(15)8-14)9-4-2-3-5-11(9)13/h2-7,12,15H,8H2,1H3. The number of benzene rings is 2. The van der Waals surface area contributed by atoms with Gasteiger partial charge in [-0.2, -0.15) is 0 Å². The Morgan fingerprint density at radius 3 is 2.50 bits per heavy atom. The van der Waals surface area contributed by atoms with Crippen LogP contribution in [0.4, 0.5) is 0 Å². The summed E-state index contributed by atoms with van der Waals surface area (Å²) < 4.78 is 5.28. The summed E-state index contributed by atoms with van der Waals surface area (Å²) in [5, 5.41) is 11.8. The molecule has 0 radical (unpaired) electrons. The highest BCUT2D eigenvalue weighted by Gasteiger charge is 2.12. The molecule has 0 heterocycles. The number of methoxy groups -OCH3 is 1. The van der Waals surface area contributed by atoms with Gasteiger partial charge in [-0.25, -0.2) is 0 Å². The number of hydrogen-bond donors (Lipinski definition) is 1. The van der Waals surface area contributed by atoms with E-state index in [4.69, 9.17) is 16.3 Å². The quantitative estimate of drug-likeness (QED) is 0.830. The lowest BCUT2D eigenvalue weighted by Gasteiger charge is -2.13. The van der Waals surface area contributed by atoms with Crippen molar-refractivity contribution in [3.05, 3.63) is 42.0 Å². The number of halogens is 1. The second kappa shape index (κ2) is 4.73. The highest BCUT2D eigenvalue weighted by molar-refractivity contribution is 6.18.